The zero-order valence-corrected chi connectivity index (χ0v) is 27.8. The molecule has 4 rings (SSSR count). The first-order valence-electron chi connectivity index (χ1n) is 12.0. The van der Waals surface area contributed by atoms with Crippen LogP contribution >= 0.6 is 63.7 Å². The molecule has 0 aromatic rings. The molecule has 2 aliphatic heterocycles. The summed E-state index contributed by atoms with van der Waals surface area (Å²) >= 11 is 13.3. The molecule has 2 heterocycles. The van der Waals surface area contributed by atoms with E-state index in [1.54, 1.807) is 12.2 Å². The highest BCUT2D eigenvalue weighted by Gasteiger charge is 2.51. The van der Waals surface area contributed by atoms with Crippen LogP contribution in [0.15, 0.2) is 51.9 Å². The average Bonchev–Trinajstić information content (AvgIpc) is 3.56. The molecule has 0 unspecified atom stereocenters. The van der Waals surface area contributed by atoms with E-state index in [1.807, 2.05) is 0 Å². The molecule has 4 N–H and O–H groups in total. The standard InChI is InChI=1S/C24H24Br4N4O9/c1-38-17-11(25)5-23(19(34)15(17)27)7-13(31-40-23)21(36)29-4-3-10(33)9-30-22(37)14-8-24(41-32-14)6-12(26)18(39-2)16(28)20(24)35/h5-6,19-20,34-35H,3-4,7-9H2,1-2H3,(H,29,36)(H,30,37)/t19-,20-,23+,24+/m0/s1. The lowest BCUT2D eigenvalue weighted by molar-refractivity contribution is -0.122. The van der Waals surface area contributed by atoms with Crippen molar-refractivity contribution < 1.29 is 43.7 Å². The summed E-state index contributed by atoms with van der Waals surface area (Å²) in [4.78, 5) is 48.4. The van der Waals surface area contributed by atoms with Crippen molar-refractivity contribution in [3.63, 3.8) is 0 Å². The number of ether oxygens (including phenoxy) is 2. The largest absolute Gasteiger partial charge is 0.495 e. The molecule has 13 nitrogen and oxygen atoms in total. The topological polar surface area (TPSA) is 177 Å². The zero-order valence-electron chi connectivity index (χ0n) is 21.5. The Hall–Kier alpha value is -2.05. The average molecular weight is 832 g/mol. The summed E-state index contributed by atoms with van der Waals surface area (Å²) in [5.41, 5.74) is -2.57. The Morgan fingerprint density at radius 2 is 1.32 bits per heavy atom. The number of halogens is 4. The molecule has 41 heavy (non-hydrogen) atoms. The SMILES string of the molecule is COC1=C(Br)[C@H](O)[C@@]2(C=C1Br)CC(C(=O)NCCC(=O)CNC(=O)C1=NO[C@]3(C=C(Br)C(OC)=C(Br)[C@@H]3O)C1)=NO2. The van der Waals surface area contributed by atoms with Gasteiger partial charge in [-0.15, -0.1) is 0 Å². The molecule has 222 valence electrons. The molecule has 0 aromatic heterocycles. The summed E-state index contributed by atoms with van der Waals surface area (Å²) < 4.78 is 12.2. The van der Waals surface area contributed by atoms with Crippen LogP contribution in [0.25, 0.3) is 0 Å². The Balaban J connectivity index is 1.21. The first-order valence-corrected chi connectivity index (χ1v) is 15.1. The summed E-state index contributed by atoms with van der Waals surface area (Å²) in [6.45, 7) is -0.319. The van der Waals surface area contributed by atoms with E-state index in [0.29, 0.717) is 29.4 Å². The van der Waals surface area contributed by atoms with Gasteiger partial charge in [-0.1, -0.05) is 10.3 Å². The second kappa shape index (κ2) is 12.7. The van der Waals surface area contributed by atoms with Crippen molar-refractivity contribution in [1.82, 2.24) is 10.6 Å². The second-order valence-corrected chi connectivity index (χ2v) is 12.7. The summed E-state index contributed by atoms with van der Waals surface area (Å²) in [7, 11) is 2.90. The predicted molar refractivity (Wildman–Crippen MR) is 159 cm³/mol. The first-order chi connectivity index (χ1) is 19.4. The van der Waals surface area contributed by atoms with Gasteiger partial charge in [-0.25, -0.2) is 0 Å². The molecule has 4 atom stereocenters. The van der Waals surface area contributed by atoms with Gasteiger partial charge < -0.3 is 40.0 Å². The van der Waals surface area contributed by atoms with Crippen LogP contribution in [-0.4, -0.2) is 90.0 Å². The summed E-state index contributed by atoms with van der Waals surface area (Å²) in [6.07, 6.45) is 0.674. The molecule has 0 radical (unpaired) electrons. The number of methoxy groups -OCH3 is 2. The number of oxime groups is 2. The number of carbonyl (C=O) groups is 3. The molecule has 17 heteroatoms. The van der Waals surface area contributed by atoms with Crippen molar-refractivity contribution in [3.05, 3.63) is 41.6 Å². The van der Waals surface area contributed by atoms with E-state index in [4.69, 9.17) is 19.1 Å². The van der Waals surface area contributed by atoms with E-state index in [0.717, 1.165) is 0 Å². The van der Waals surface area contributed by atoms with Gasteiger partial charge in [0, 0.05) is 25.8 Å². The van der Waals surface area contributed by atoms with Gasteiger partial charge in [0.1, 0.15) is 35.1 Å². The number of nitrogens with one attached hydrogen (secondary N) is 2. The number of hydrogen-bond donors (Lipinski definition) is 4. The van der Waals surface area contributed by atoms with Crippen molar-refractivity contribution in [3.8, 4) is 0 Å². The third kappa shape index (κ3) is 6.20. The molecule has 4 aliphatic rings. The van der Waals surface area contributed by atoms with Gasteiger partial charge in [-0.05, 0) is 75.9 Å². The molecule has 2 aliphatic carbocycles. The van der Waals surface area contributed by atoms with Crippen LogP contribution in [0, 0.1) is 0 Å². The second-order valence-electron chi connectivity index (χ2n) is 9.30. The molecule has 0 fully saturated rings. The number of aliphatic hydroxyl groups excluding tert-OH is 2. The lowest BCUT2D eigenvalue weighted by atomic mass is 9.87. The number of allylic oxidation sites excluding steroid dienone is 2. The molecular formula is C24H24Br4N4O9. The summed E-state index contributed by atoms with van der Waals surface area (Å²) in [6, 6.07) is 0. The quantitative estimate of drug-likeness (QED) is 0.271. The number of amides is 2. The minimum atomic E-state index is -1.32. The number of rotatable bonds is 9. The maximum atomic E-state index is 12.6. The lowest BCUT2D eigenvalue weighted by Gasteiger charge is -2.33. The van der Waals surface area contributed by atoms with Gasteiger partial charge >= 0.3 is 0 Å². The van der Waals surface area contributed by atoms with Crippen LogP contribution in [0.3, 0.4) is 0 Å². The third-order valence-corrected chi connectivity index (χ3v) is 9.39. The highest BCUT2D eigenvalue weighted by Crippen LogP contribution is 2.45. The van der Waals surface area contributed by atoms with Crippen molar-refractivity contribution in [1.29, 1.82) is 0 Å². The van der Waals surface area contributed by atoms with Crippen molar-refractivity contribution in [2.45, 2.75) is 42.7 Å². The van der Waals surface area contributed by atoms with E-state index in [9.17, 15) is 24.6 Å². The summed E-state index contributed by atoms with van der Waals surface area (Å²) in [5.74, 6) is -0.752. The minimum absolute atomic E-state index is 0.000678. The monoisotopic (exact) mass is 828 g/mol. The van der Waals surface area contributed by atoms with Gasteiger partial charge in [-0.2, -0.15) is 0 Å². The van der Waals surface area contributed by atoms with Gasteiger partial charge in [-0.3, -0.25) is 14.4 Å². The van der Waals surface area contributed by atoms with E-state index < -0.39 is 35.2 Å². The van der Waals surface area contributed by atoms with Crippen LogP contribution in [0.4, 0.5) is 0 Å². The lowest BCUT2D eigenvalue weighted by Crippen LogP contribution is -2.45. The molecule has 2 spiro atoms. The maximum Gasteiger partial charge on any atom is 0.269 e. The molecule has 0 aromatic carbocycles. The van der Waals surface area contributed by atoms with Gasteiger partial charge in [0.2, 0.25) is 0 Å². The Morgan fingerprint density at radius 3 is 1.76 bits per heavy atom. The third-order valence-electron chi connectivity index (χ3n) is 6.62. The zero-order chi connectivity index (χ0) is 30.1. The van der Waals surface area contributed by atoms with E-state index in [1.165, 1.54) is 14.2 Å². The van der Waals surface area contributed by atoms with Crippen molar-refractivity contribution in [2.75, 3.05) is 27.3 Å². The van der Waals surface area contributed by atoms with Crippen LogP contribution in [0.2, 0.25) is 0 Å². The fourth-order valence-electron chi connectivity index (χ4n) is 4.42. The number of hydrogen-bond acceptors (Lipinski definition) is 11. The number of carbonyl (C=O) groups excluding carboxylic acids is 3. The maximum absolute atomic E-state index is 12.6. The highest BCUT2D eigenvalue weighted by molar-refractivity contribution is 9.12. The smallest absolute Gasteiger partial charge is 0.269 e. The Bertz CT molecular complexity index is 1360. The Labute approximate surface area is 267 Å². The van der Waals surface area contributed by atoms with Crippen LogP contribution in [0.5, 0.6) is 0 Å². The van der Waals surface area contributed by atoms with Gasteiger partial charge in [0.05, 0.1) is 38.7 Å². The summed E-state index contributed by atoms with van der Waals surface area (Å²) in [5, 5.41) is 34.1. The number of nitrogens with zero attached hydrogens (tertiary/aromatic N) is 2. The Morgan fingerprint density at radius 1 is 0.878 bits per heavy atom. The van der Waals surface area contributed by atoms with Crippen molar-refractivity contribution >= 4 is 92.7 Å². The predicted octanol–water partition coefficient (Wildman–Crippen LogP) is 2.02. The number of Topliss-reactive ketones (excluding diaryl/α,β-unsaturated/α-hetero) is 1. The molecule has 0 saturated carbocycles. The molecular weight excluding hydrogens is 808 g/mol. The number of aliphatic hydroxyl groups is 2. The van der Waals surface area contributed by atoms with Gasteiger partial charge in [0.15, 0.2) is 17.0 Å². The highest BCUT2D eigenvalue weighted by atomic mass is 79.9. The molecule has 0 saturated heterocycles. The van der Waals surface area contributed by atoms with E-state index in [-0.39, 0.29) is 49.6 Å². The van der Waals surface area contributed by atoms with E-state index in [2.05, 4.69) is 84.7 Å². The first kappa shape index (κ1) is 31.9. The normalized spacial score (nSPS) is 28.9. The van der Waals surface area contributed by atoms with Crippen LogP contribution in [0.1, 0.15) is 19.3 Å². The van der Waals surface area contributed by atoms with Crippen molar-refractivity contribution in [2.24, 2.45) is 10.3 Å². The minimum Gasteiger partial charge on any atom is -0.495 e. The fourth-order valence-corrected chi connectivity index (χ4v) is 8.01. The molecule has 2 amide bonds. The fraction of sp³-hybridized carbons (Fsp3) is 0.458. The van der Waals surface area contributed by atoms with Gasteiger partial charge in [0.25, 0.3) is 11.8 Å². The van der Waals surface area contributed by atoms with Crippen LogP contribution in [-0.2, 0) is 33.5 Å². The van der Waals surface area contributed by atoms with E-state index >= 15 is 0 Å². The Kier molecular flexibility index (Phi) is 9.85. The van der Waals surface area contributed by atoms with Crippen LogP contribution < -0.4 is 10.6 Å². The molecule has 0 bridgehead atoms. The number of ketones is 1.